The highest BCUT2D eigenvalue weighted by atomic mass is 16.3. The van der Waals surface area contributed by atoms with Gasteiger partial charge in [-0.05, 0) is 17.7 Å². The zero-order valence-corrected chi connectivity index (χ0v) is 11.8. The Kier molecular flexibility index (Phi) is 4.37. The molecule has 0 aliphatic rings. The summed E-state index contributed by atoms with van der Waals surface area (Å²) < 4.78 is 0. The number of aromatic hydroxyl groups is 4. The van der Waals surface area contributed by atoms with Gasteiger partial charge < -0.3 is 20.4 Å². The minimum Gasteiger partial charge on any atom is -0.508 e. The molecule has 2 amide bonds. The molecule has 2 aromatic carbocycles. The van der Waals surface area contributed by atoms with Gasteiger partial charge in [0.1, 0.15) is 28.6 Å². The first kappa shape index (κ1) is 16.1. The van der Waals surface area contributed by atoms with E-state index in [1.54, 1.807) is 6.07 Å². The van der Waals surface area contributed by atoms with E-state index in [0.717, 1.165) is 12.1 Å². The van der Waals surface area contributed by atoms with Gasteiger partial charge in [0.05, 0.1) is 6.42 Å². The second-order valence-electron chi connectivity index (χ2n) is 4.77. The van der Waals surface area contributed by atoms with Crippen molar-refractivity contribution < 1.29 is 30.0 Å². The van der Waals surface area contributed by atoms with Crippen molar-refractivity contribution in [1.29, 1.82) is 0 Å². The van der Waals surface area contributed by atoms with Gasteiger partial charge in [-0.1, -0.05) is 12.1 Å². The van der Waals surface area contributed by atoms with Crippen LogP contribution in [0.25, 0.3) is 0 Å². The van der Waals surface area contributed by atoms with E-state index in [4.69, 9.17) is 5.84 Å². The molecule has 0 aliphatic heterocycles. The van der Waals surface area contributed by atoms with Crippen molar-refractivity contribution >= 4 is 11.8 Å². The van der Waals surface area contributed by atoms with Gasteiger partial charge in [-0.2, -0.15) is 0 Å². The summed E-state index contributed by atoms with van der Waals surface area (Å²) in [6.07, 6.45) is -0.268. The first-order chi connectivity index (χ1) is 10.8. The molecule has 2 rings (SSSR count). The number of amides is 2. The molecule has 0 saturated heterocycles. The summed E-state index contributed by atoms with van der Waals surface area (Å²) in [7, 11) is 0. The Labute approximate surface area is 130 Å². The molecule has 0 heterocycles. The van der Waals surface area contributed by atoms with Crippen molar-refractivity contribution in [1.82, 2.24) is 5.01 Å². The minimum absolute atomic E-state index is 0.0426. The van der Waals surface area contributed by atoms with Gasteiger partial charge in [0.25, 0.3) is 5.91 Å². The Balaban J connectivity index is 2.21. The van der Waals surface area contributed by atoms with Crippen molar-refractivity contribution in [3.8, 4) is 23.0 Å². The van der Waals surface area contributed by atoms with Crippen LogP contribution in [0.15, 0.2) is 36.4 Å². The Hall–Kier alpha value is -3.26. The van der Waals surface area contributed by atoms with Gasteiger partial charge in [0.2, 0.25) is 5.91 Å². The fourth-order valence-electron chi connectivity index (χ4n) is 1.98. The second kappa shape index (κ2) is 6.24. The van der Waals surface area contributed by atoms with E-state index >= 15 is 0 Å². The van der Waals surface area contributed by atoms with Crippen LogP contribution in [-0.2, 0) is 11.2 Å². The summed E-state index contributed by atoms with van der Waals surface area (Å²) in [5.41, 5.74) is -0.174. The average molecular weight is 318 g/mol. The summed E-state index contributed by atoms with van der Waals surface area (Å²) in [5.74, 6) is 1.57. The monoisotopic (exact) mass is 318 g/mol. The molecule has 8 nitrogen and oxygen atoms in total. The first-order valence-corrected chi connectivity index (χ1v) is 6.44. The zero-order chi connectivity index (χ0) is 17.1. The first-order valence-electron chi connectivity index (χ1n) is 6.44. The molecule has 6 N–H and O–H groups in total. The van der Waals surface area contributed by atoms with Gasteiger partial charge >= 0.3 is 0 Å². The van der Waals surface area contributed by atoms with Crippen LogP contribution in [0.4, 0.5) is 0 Å². The SMILES string of the molecule is NN(C(=O)Cc1cccc(O)c1)C(=O)c1c(O)cc(O)cc1O. The highest BCUT2D eigenvalue weighted by molar-refractivity contribution is 6.07. The lowest BCUT2D eigenvalue weighted by Crippen LogP contribution is -2.43. The van der Waals surface area contributed by atoms with Crippen LogP contribution in [0.3, 0.4) is 0 Å². The van der Waals surface area contributed by atoms with E-state index < -0.39 is 34.6 Å². The predicted molar refractivity (Wildman–Crippen MR) is 78.6 cm³/mol. The lowest BCUT2D eigenvalue weighted by molar-refractivity contribution is -0.128. The molecule has 0 aliphatic carbocycles. The second-order valence-corrected chi connectivity index (χ2v) is 4.77. The van der Waals surface area contributed by atoms with Crippen molar-refractivity contribution in [2.45, 2.75) is 6.42 Å². The van der Waals surface area contributed by atoms with Crippen LogP contribution in [0, 0.1) is 0 Å². The molecular formula is C15H14N2O6. The maximum atomic E-state index is 12.1. The number of hydrazine groups is 1. The van der Waals surface area contributed by atoms with Crippen LogP contribution in [0.1, 0.15) is 15.9 Å². The van der Waals surface area contributed by atoms with Gasteiger partial charge in [0.15, 0.2) is 0 Å². The Bertz CT molecular complexity index is 751. The number of rotatable bonds is 3. The number of carbonyl (C=O) groups excluding carboxylic acids is 2. The van der Waals surface area contributed by atoms with Crippen molar-refractivity contribution in [3.05, 3.63) is 47.5 Å². The fraction of sp³-hybridized carbons (Fsp3) is 0.0667. The predicted octanol–water partition coefficient (Wildman–Crippen LogP) is 0.594. The molecule has 0 radical (unpaired) electrons. The molecule has 0 aromatic heterocycles. The minimum atomic E-state index is -1.13. The molecule has 8 heteroatoms. The fourth-order valence-corrected chi connectivity index (χ4v) is 1.98. The molecular weight excluding hydrogens is 304 g/mol. The molecule has 23 heavy (non-hydrogen) atoms. The number of carbonyl (C=O) groups is 2. The molecule has 2 aromatic rings. The summed E-state index contributed by atoms with van der Waals surface area (Å²) in [4.78, 5) is 24.1. The van der Waals surface area contributed by atoms with Crippen LogP contribution < -0.4 is 5.84 Å². The van der Waals surface area contributed by atoms with Gasteiger partial charge in [-0.3, -0.25) is 9.59 Å². The van der Waals surface area contributed by atoms with E-state index in [-0.39, 0.29) is 17.2 Å². The number of imide groups is 1. The number of benzene rings is 2. The summed E-state index contributed by atoms with van der Waals surface area (Å²) >= 11 is 0. The third kappa shape index (κ3) is 3.50. The molecule has 0 unspecified atom stereocenters. The largest absolute Gasteiger partial charge is 0.508 e. The Morgan fingerprint density at radius 3 is 2.13 bits per heavy atom. The van der Waals surface area contributed by atoms with Crippen LogP contribution in [0.2, 0.25) is 0 Å². The highest BCUT2D eigenvalue weighted by Crippen LogP contribution is 2.32. The quantitative estimate of drug-likeness (QED) is 0.316. The molecule has 0 saturated carbocycles. The van der Waals surface area contributed by atoms with Gasteiger partial charge in [0, 0.05) is 12.1 Å². The van der Waals surface area contributed by atoms with Crippen LogP contribution in [0.5, 0.6) is 23.0 Å². The number of hydrogen-bond acceptors (Lipinski definition) is 7. The summed E-state index contributed by atoms with van der Waals surface area (Å²) in [6.45, 7) is 0. The average Bonchev–Trinajstić information content (AvgIpc) is 2.45. The Morgan fingerprint density at radius 2 is 1.57 bits per heavy atom. The third-order valence-electron chi connectivity index (χ3n) is 3.05. The van der Waals surface area contributed by atoms with Crippen molar-refractivity contribution in [2.24, 2.45) is 5.84 Å². The molecule has 0 atom stereocenters. The number of nitrogens with zero attached hydrogens (tertiary/aromatic N) is 1. The van der Waals surface area contributed by atoms with Crippen LogP contribution >= 0.6 is 0 Å². The zero-order valence-electron chi connectivity index (χ0n) is 11.8. The standard InChI is InChI=1S/C15H14N2O6/c16-17(13(22)5-8-2-1-3-9(18)4-8)15(23)14-11(20)6-10(19)7-12(14)21/h1-4,6-7,18-21H,5,16H2. The lowest BCUT2D eigenvalue weighted by Gasteiger charge is -2.16. The Morgan fingerprint density at radius 1 is 0.957 bits per heavy atom. The van der Waals surface area contributed by atoms with Gasteiger partial charge in [-0.25, -0.2) is 10.9 Å². The van der Waals surface area contributed by atoms with E-state index in [0.29, 0.717) is 5.56 Å². The smallest absolute Gasteiger partial charge is 0.282 e. The van der Waals surface area contributed by atoms with Crippen molar-refractivity contribution in [3.63, 3.8) is 0 Å². The molecule has 0 fully saturated rings. The number of phenolic OH excluding ortho intramolecular Hbond substituents is 4. The summed E-state index contributed by atoms with van der Waals surface area (Å²) in [5, 5.41) is 38.0. The van der Waals surface area contributed by atoms with E-state index in [2.05, 4.69) is 0 Å². The molecule has 0 spiro atoms. The maximum absolute atomic E-state index is 12.1. The van der Waals surface area contributed by atoms with E-state index in [1.807, 2.05) is 0 Å². The van der Waals surface area contributed by atoms with E-state index in [9.17, 15) is 30.0 Å². The number of nitrogens with two attached hydrogens (primary N) is 1. The van der Waals surface area contributed by atoms with Gasteiger partial charge in [-0.15, -0.1) is 0 Å². The lowest BCUT2D eigenvalue weighted by atomic mass is 10.1. The van der Waals surface area contributed by atoms with Crippen molar-refractivity contribution in [2.75, 3.05) is 0 Å². The normalized spacial score (nSPS) is 10.3. The summed E-state index contributed by atoms with van der Waals surface area (Å²) in [6, 6.07) is 7.52. The topological polar surface area (TPSA) is 144 Å². The maximum Gasteiger partial charge on any atom is 0.282 e. The van der Waals surface area contributed by atoms with E-state index in [1.165, 1.54) is 18.2 Å². The van der Waals surface area contributed by atoms with Crippen LogP contribution in [-0.4, -0.2) is 37.2 Å². The highest BCUT2D eigenvalue weighted by Gasteiger charge is 2.26. The third-order valence-corrected chi connectivity index (χ3v) is 3.05. The molecule has 120 valence electrons. The number of phenols is 4. The molecule has 0 bridgehead atoms. The number of hydrogen-bond donors (Lipinski definition) is 5.